The Balaban J connectivity index is 1.23. The minimum Gasteiger partial charge on any atom is -0.495 e. The van der Waals surface area contributed by atoms with Crippen LogP contribution in [0.25, 0.3) is 0 Å². The van der Waals surface area contributed by atoms with E-state index in [-0.39, 0.29) is 41.4 Å². The summed E-state index contributed by atoms with van der Waals surface area (Å²) in [6, 6.07) is 13.8. The number of carbonyl (C=O) groups excluding carboxylic acids is 3. The van der Waals surface area contributed by atoms with E-state index in [9.17, 15) is 14.4 Å². The molecular weight excluding hydrogens is 392 g/mol. The highest BCUT2D eigenvalue weighted by Gasteiger charge is 2.67. The molecule has 6 heteroatoms. The maximum atomic E-state index is 13.2. The lowest BCUT2D eigenvalue weighted by Crippen LogP contribution is -2.40. The van der Waals surface area contributed by atoms with Gasteiger partial charge in [-0.2, -0.15) is 0 Å². The van der Waals surface area contributed by atoms with Gasteiger partial charge < -0.3 is 10.1 Å². The van der Waals surface area contributed by atoms with Crippen molar-refractivity contribution in [1.82, 2.24) is 0 Å². The first-order valence-corrected chi connectivity index (χ1v) is 10.7. The highest BCUT2D eigenvalue weighted by Crippen LogP contribution is 2.65. The summed E-state index contributed by atoms with van der Waals surface area (Å²) in [5.74, 6) is 1.22. The van der Waals surface area contributed by atoms with E-state index in [0.29, 0.717) is 34.5 Å². The number of rotatable bonds is 4. The van der Waals surface area contributed by atoms with Gasteiger partial charge in [-0.05, 0) is 66.5 Å². The van der Waals surface area contributed by atoms with Gasteiger partial charge in [0.2, 0.25) is 11.8 Å². The van der Waals surface area contributed by atoms with E-state index < -0.39 is 0 Å². The predicted octanol–water partition coefficient (Wildman–Crippen LogP) is 3.51. The number of hydrogen-bond donors (Lipinski definition) is 1. The Morgan fingerprint density at radius 3 is 2.16 bits per heavy atom. The average molecular weight is 414 g/mol. The van der Waals surface area contributed by atoms with Crippen LogP contribution in [0.5, 0.6) is 5.75 Å². The fourth-order valence-corrected chi connectivity index (χ4v) is 5.92. The highest BCUT2D eigenvalue weighted by molar-refractivity contribution is 6.22. The Kier molecular flexibility index (Phi) is 3.88. The molecule has 1 aliphatic heterocycles. The van der Waals surface area contributed by atoms with Crippen LogP contribution in [0.2, 0.25) is 0 Å². The number of hydrogen-bond acceptors (Lipinski definition) is 4. The molecular formula is C25H22N2O4. The summed E-state index contributed by atoms with van der Waals surface area (Å²) < 4.78 is 5.27. The molecule has 2 bridgehead atoms. The maximum absolute atomic E-state index is 13.2. The molecule has 2 aromatic rings. The topological polar surface area (TPSA) is 75.7 Å². The zero-order valence-corrected chi connectivity index (χ0v) is 17.0. The summed E-state index contributed by atoms with van der Waals surface area (Å²) in [4.78, 5) is 40.4. The number of anilines is 2. The van der Waals surface area contributed by atoms with Crippen molar-refractivity contribution in [2.45, 2.75) is 6.42 Å². The fraction of sp³-hybridized carbons (Fsp3) is 0.320. The first-order valence-electron chi connectivity index (χ1n) is 10.7. The van der Waals surface area contributed by atoms with Crippen molar-refractivity contribution in [2.75, 3.05) is 17.3 Å². The Morgan fingerprint density at radius 2 is 1.55 bits per heavy atom. The van der Waals surface area contributed by atoms with E-state index in [2.05, 4.69) is 17.5 Å². The largest absolute Gasteiger partial charge is 0.495 e. The minimum absolute atomic E-state index is 0.0917. The number of imide groups is 1. The van der Waals surface area contributed by atoms with E-state index in [1.165, 1.54) is 4.90 Å². The molecule has 4 aliphatic carbocycles. The molecule has 0 radical (unpaired) electrons. The molecule has 0 aromatic heterocycles. The Labute approximate surface area is 179 Å². The van der Waals surface area contributed by atoms with Crippen LogP contribution in [0.1, 0.15) is 16.8 Å². The molecule has 1 N–H and O–H groups in total. The summed E-state index contributed by atoms with van der Waals surface area (Å²) in [5, 5.41) is 2.83. The molecule has 2 saturated carbocycles. The summed E-state index contributed by atoms with van der Waals surface area (Å²) >= 11 is 0. The highest BCUT2D eigenvalue weighted by atomic mass is 16.5. The third-order valence-electron chi connectivity index (χ3n) is 7.41. The third-order valence-corrected chi connectivity index (χ3v) is 7.41. The summed E-state index contributed by atoms with van der Waals surface area (Å²) in [5.41, 5.74) is 1.55. The van der Waals surface area contributed by atoms with Crippen LogP contribution in [-0.2, 0) is 9.59 Å². The van der Waals surface area contributed by atoms with Gasteiger partial charge in [0.05, 0.1) is 30.3 Å². The van der Waals surface area contributed by atoms with Gasteiger partial charge in [0.15, 0.2) is 0 Å². The molecule has 0 spiro atoms. The zero-order chi connectivity index (χ0) is 21.3. The van der Waals surface area contributed by atoms with Crippen molar-refractivity contribution in [3.05, 3.63) is 66.2 Å². The van der Waals surface area contributed by atoms with Crippen LogP contribution in [0.3, 0.4) is 0 Å². The second-order valence-electron chi connectivity index (χ2n) is 8.87. The Bertz CT molecular complexity index is 1100. The molecule has 3 fully saturated rings. The maximum Gasteiger partial charge on any atom is 0.255 e. The molecule has 1 heterocycles. The van der Waals surface area contributed by atoms with Crippen LogP contribution in [0.15, 0.2) is 60.7 Å². The van der Waals surface area contributed by atoms with Crippen LogP contribution in [0, 0.1) is 35.5 Å². The van der Waals surface area contributed by atoms with Crippen molar-refractivity contribution in [1.29, 1.82) is 0 Å². The van der Waals surface area contributed by atoms with Crippen molar-refractivity contribution in [2.24, 2.45) is 35.5 Å². The smallest absolute Gasteiger partial charge is 0.255 e. The monoisotopic (exact) mass is 414 g/mol. The summed E-state index contributed by atoms with van der Waals surface area (Å²) in [6.45, 7) is 0. The Morgan fingerprint density at radius 1 is 0.935 bits per heavy atom. The first-order chi connectivity index (χ1) is 15.1. The predicted molar refractivity (Wildman–Crippen MR) is 115 cm³/mol. The van der Waals surface area contributed by atoms with Crippen LogP contribution < -0.4 is 15.0 Å². The normalized spacial score (nSPS) is 32.0. The van der Waals surface area contributed by atoms with Gasteiger partial charge in [-0.1, -0.05) is 24.3 Å². The minimum atomic E-state index is -0.286. The molecule has 0 unspecified atom stereocenters. The quantitative estimate of drug-likeness (QED) is 0.614. The van der Waals surface area contributed by atoms with Gasteiger partial charge in [0.1, 0.15) is 5.75 Å². The van der Waals surface area contributed by atoms with Crippen LogP contribution in [-0.4, -0.2) is 24.8 Å². The van der Waals surface area contributed by atoms with Gasteiger partial charge in [0.25, 0.3) is 5.91 Å². The standard InChI is InChI=1S/C25H22N2O4/c1-31-20-5-3-2-4-19(20)26-23(28)13-6-8-14(9-7-13)27-24(29)21-15-10-11-16(18-12-17(15)18)22(21)25(27)30/h2-11,15-18,21-22H,12H2,1H3,(H,26,28)/t15-,16-,17-,18-,21-,22+/m0/s1. The van der Waals surface area contributed by atoms with Crippen molar-refractivity contribution in [3.8, 4) is 5.75 Å². The number of nitrogens with zero attached hydrogens (tertiary/aromatic N) is 1. The number of allylic oxidation sites excluding steroid dienone is 2. The molecule has 3 amide bonds. The zero-order valence-electron chi connectivity index (χ0n) is 17.0. The second kappa shape index (κ2) is 6.54. The van der Waals surface area contributed by atoms with Gasteiger partial charge in [-0.25, -0.2) is 0 Å². The lowest BCUT2D eigenvalue weighted by molar-refractivity contribution is -0.124. The molecule has 1 saturated heterocycles. The number of amides is 3. The number of nitrogens with one attached hydrogen (secondary N) is 1. The number of methoxy groups -OCH3 is 1. The van der Waals surface area contributed by atoms with Gasteiger partial charge >= 0.3 is 0 Å². The van der Waals surface area contributed by atoms with Gasteiger partial charge in [-0.3, -0.25) is 19.3 Å². The summed E-state index contributed by atoms with van der Waals surface area (Å²) in [7, 11) is 1.55. The van der Waals surface area contributed by atoms with Crippen LogP contribution in [0.4, 0.5) is 11.4 Å². The Hall–Kier alpha value is -3.41. The first kappa shape index (κ1) is 18.4. The molecule has 7 rings (SSSR count). The van der Waals surface area contributed by atoms with E-state index >= 15 is 0 Å². The summed E-state index contributed by atoms with van der Waals surface area (Å²) in [6.07, 6.45) is 5.48. The van der Waals surface area contributed by atoms with E-state index in [1.807, 2.05) is 12.1 Å². The van der Waals surface area contributed by atoms with Crippen molar-refractivity contribution < 1.29 is 19.1 Å². The molecule has 2 aromatic carbocycles. The lowest BCUT2D eigenvalue weighted by Gasteiger charge is -2.37. The van der Waals surface area contributed by atoms with Gasteiger partial charge in [-0.15, -0.1) is 0 Å². The molecule has 5 aliphatic rings. The molecule has 31 heavy (non-hydrogen) atoms. The lowest BCUT2D eigenvalue weighted by atomic mass is 9.63. The van der Waals surface area contributed by atoms with Crippen molar-refractivity contribution >= 4 is 29.1 Å². The molecule has 156 valence electrons. The van der Waals surface area contributed by atoms with E-state index in [0.717, 1.165) is 6.42 Å². The number of ether oxygens (including phenoxy) is 1. The molecule has 6 nitrogen and oxygen atoms in total. The van der Waals surface area contributed by atoms with E-state index in [4.69, 9.17) is 4.74 Å². The number of benzene rings is 2. The van der Waals surface area contributed by atoms with Gasteiger partial charge in [0, 0.05) is 5.56 Å². The average Bonchev–Trinajstić information content (AvgIpc) is 3.58. The second-order valence-corrected chi connectivity index (χ2v) is 8.87. The fourth-order valence-electron chi connectivity index (χ4n) is 5.92. The SMILES string of the molecule is COc1ccccc1NC(=O)c1ccc(N2C(=O)[C@@H]3[C@H]4C=C[C@@H]([C@@H]5C[C@@H]45)[C@@H]3C2=O)cc1. The third kappa shape index (κ3) is 2.60. The van der Waals surface area contributed by atoms with Crippen LogP contribution >= 0.6 is 0 Å². The van der Waals surface area contributed by atoms with Crippen molar-refractivity contribution in [3.63, 3.8) is 0 Å². The van der Waals surface area contributed by atoms with E-state index in [1.54, 1.807) is 43.5 Å². The number of para-hydroxylation sites is 2. The molecule has 6 atom stereocenters. The number of carbonyl (C=O) groups is 3.